The van der Waals surface area contributed by atoms with Gasteiger partial charge >= 0.3 is 0 Å². The van der Waals surface area contributed by atoms with Crippen LogP contribution < -0.4 is 4.74 Å². The van der Waals surface area contributed by atoms with Gasteiger partial charge in [-0.25, -0.2) is 4.98 Å². The highest BCUT2D eigenvalue weighted by Gasteiger charge is 2.13. The van der Waals surface area contributed by atoms with E-state index in [0.717, 1.165) is 35.7 Å². The van der Waals surface area contributed by atoms with Crippen molar-refractivity contribution in [2.45, 2.75) is 39.7 Å². The lowest BCUT2D eigenvalue weighted by Crippen LogP contribution is -2.08. The van der Waals surface area contributed by atoms with E-state index in [4.69, 9.17) is 9.72 Å². The predicted octanol–water partition coefficient (Wildman–Crippen LogP) is 5.30. The Morgan fingerprint density at radius 1 is 0.917 bits per heavy atom. The number of rotatable bonds is 3. The topological polar surface area (TPSA) is 27.1 Å². The Labute approximate surface area is 142 Å². The number of benzene rings is 2. The number of fused-ring (bicyclic) bond motifs is 1. The molecule has 0 bridgehead atoms. The molecule has 122 valence electrons. The fraction of sp³-hybridized carbons (Fsp3) is 0.286. The third-order valence-corrected chi connectivity index (χ3v) is 4.77. The molecule has 3 nitrogen and oxygen atoms in total. The molecule has 0 fully saturated rings. The Hall–Kier alpha value is -2.55. The molecule has 1 aliphatic heterocycles. The molecule has 0 unspecified atom stereocenters. The van der Waals surface area contributed by atoms with Gasteiger partial charge in [0.2, 0.25) is 0 Å². The lowest BCUT2D eigenvalue weighted by Gasteiger charge is -2.11. The maximum absolute atomic E-state index is 5.96. The summed E-state index contributed by atoms with van der Waals surface area (Å²) in [7, 11) is 0. The summed E-state index contributed by atoms with van der Waals surface area (Å²) in [4.78, 5) is 4.78. The maximum Gasteiger partial charge on any atom is 0.127 e. The van der Waals surface area contributed by atoms with Crippen LogP contribution in [0, 0.1) is 13.8 Å². The summed E-state index contributed by atoms with van der Waals surface area (Å²) in [5.41, 5.74) is 4.73. The summed E-state index contributed by atoms with van der Waals surface area (Å²) in [6, 6.07) is 14.4. The van der Waals surface area contributed by atoms with E-state index in [1.165, 1.54) is 29.8 Å². The minimum absolute atomic E-state index is 0.853. The highest BCUT2D eigenvalue weighted by atomic mass is 16.5. The number of aromatic nitrogens is 2. The second-order valence-corrected chi connectivity index (χ2v) is 6.57. The molecule has 3 aromatic rings. The van der Waals surface area contributed by atoms with Crippen LogP contribution in [0.2, 0.25) is 0 Å². The highest BCUT2D eigenvalue weighted by Crippen LogP contribution is 2.27. The van der Waals surface area contributed by atoms with Crippen LogP contribution in [0.5, 0.6) is 11.5 Å². The second kappa shape index (κ2) is 6.16. The van der Waals surface area contributed by atoms with Crippen molar-refractivity contribution in [2.24, 2.45) is 0 Å². The summed E-state index contributed by atoms with van der Waals surface area (Å²) in [5.74, 6) is 2.95. The van der Waals surface area contributed by atoms with Crippen LogP contribution in [0.15, 0.2) is 48.7 Å². The third kappa shape index (κ3) is 2.94. The van der Waals surface area contributed by atoms with Gasteiger partial charge in [0.25, 0.3) is 0 Å². The van der Waals surface area contributed by atoms with E-state index in [2.05, 4.69) is 48.9 Å². The molecule has 0 saturated carbocycles. The number of hydrogen-bond donors (Lipinski definition) is 0. The van der Waals surface area contributed by atoms with Crippen LogP contribution in [-0.4, -0.2) is 9.55 Å². The molecule has 2 aromatic carbocycles. The van der Waals surface area contributed by atoms with Crippen molar-refractivity contribution in [3.05, 3.63) is 65.6 Å². The first-order valence-electron chi connectivity index (χ1n) is 8.61. The molecule has 3 heteroatoms. The average molecular weight is 318 g/mol. The largest absolute Gasteiger partial charge is 0.457 e. The van der Waals surface area contributed by atoms with Crippen LogP contribution >= 0.6 is 0 Å². The Kier molecular flexibility index (Phi) is 3.85. The Bertz CT molecular complexity index is 839. The quantitative estimate of drug-likeness (QED) is 0.655. The lowest BCUT2D eigenvalue weighted by atomic mass is 10.1. The van der Waals surface area contributed by atoms with Crippen molar-refractivity contribution in [1.29, 1.82) is 0 Å². The van der Waals surface area contributed by atoms with Gasteiger partial charge in [-0.05, 0) is 74.2 Å². The summed E-state index contributed by atoms with van der Waals surface area (Å²) in [6.07, 6.45) is 5.77. The van der Waals surface area contributed by atoms with E-state index < -0.39 is 0 Å². The Morgan fingerprint density at radius 3 is 2.46 bits per heavy atom. The predicted molar refractivity (Wildman–Crippen MR) is 96.6 cm³/mol. The van der Waals surface area contributed by atoms with Crippen LogP contribution in [0.1, 0.15) is 29.8 Å². The SMILES string of the molecule is Cc1ccc(Oc2ccc(-c3cn4c(n3)CCCC4)cc2)cc1C. The standard InChI is InChI=1S/C21H22N2O/c1-15-6-9-19(13-16(15)2)24-18-10-7-17(8-11-18)20-14-23-12-4-3-5-21(23)22-20/h6-11,13-14H,3-5,12H2,1-2H3. The molecule has 0 spiro atoms. The summed E-state index contributed by atoms with van der Waals surface area (Å²) >= 11 is 0. The minimum atomic E-state index is 0.853. The first-order chi connectivity index (χ1) is 11.7. The molecule has 2 heterocycles. The number of nitrogens with zero attached hydrogens (tertiary/aromatic N) is 2. The highest BCUT2D eigenvalue weighted by molar-refractivity contribution is 5.60. The van der Waals surface area contributed by atoms with Gasteiger partial charge in [0.15, 0.2) is 0 Å². The van der Waals surface area contributed by atoms with Gasteiger partial charge in [0.1, 0.15) is 17.3 Å². The molecule has 1 aromatic heterocycles. The summed E-state index contributed by atoms with van der Waals surface area (Å²) < 4.78 is 8.25. The zero-order valence-corrected chi connectivity index (χ0v) is 14.2. The zero-order chi connectivity index (χ0) is 16.5. The molecule has 4 rings (SSSR count). The van der Waals surface area contributed by atoms with Gasteiger partial charge in [-0.2, -0.15) is 0 Å². The van der Waals surface area contributed by atoms with Gasteiger partial charge < -0.3 is 9.30 Å². The van der Waals surface area contributed by atoms with E-state index in [0.29, 0.717) is 0 Å². The van der Waals surface area contributed by atoms with Crippen LogP contribution in [0.4, 0.5) is 0 Å². The third-order valence-electron chi connectivity index (χ3n) is 4.77. The lowest BCUT2D eigenvalue weighted by molar-refractivity contribution is 0.482. The number of aryl methyl sites for hydroxylation is 4. The molecule has 0 aliphatic carbocycles. The molecule has 24 heavy (non-hydrogen) atoms. The van der Waals surface area contributed by atoms with Crippen molar-refractivity contribution in [2.75, 3.05) is 0 Å². The molecule has 0 N–H and O–H groups in total. The molecule has 0 saturated heterocycles. The summed E-state index contributed by atoms with van der Waals surface area (Å²) in [6.45, 7) is 5.31. The average Bonchev–Trinajstić information content (AvgIpc) is 3.03. The van der Waals surface area contributed by atoms with E-state index in [1.54, 1.807) is 0 Å². The van der Waals surface area contributed by atoms with Crippen molar-refractivity contribution >= 4 is 0 Å². The number of hydrogen-bond acceptors (Lipinski definition) is 2. The van der Waals surface area contributed by atoms with Crippen molar-refractivity contribution in [3.63, 3.8) is 0 Å². The Balaban J connectivity index is 1.54. The first-order valence-corrected chi connectivity index (χ1v) is 8.61. The van der Waals surface area contributed by atoms with Gasteiger partial charge in [-0.3, -0.25) is 0 Å². The zero-order valence-electron chi connectivity index (χ0n) is 14.2. The van der Waals surface area contributed by atoms with E-state index in [9.17, 15) is 0 Å². The second-order valence-electron chi connectivity index (χ2n) is 6.57. The van der Waals surface area contributed by atoms with Crippen LogP contribution in [0.3, 0.4) is 0 Å². The maximum atomic E-state index is 5.96. The fourth-order valence-corrected chi connectivity index (χ4v) is 3.16. The molecular weight excluding hydrogens is 296 g/mol. The molecule has 0 atom stereocenters. The number of imidazole rings is 1. The molecule has 1 aliphatic rings. The van der Waals surface area contributed by atoms with Gasteiger partial charge in [-0.15, -0.1) is 0 Å². The molecule has 0 radical (unpaired) electrons. The van der Waals surface area contributed by atoms with Crippen molar-refractivity contribution in [3.8, 4) is 22.8 Å². The van der Waals surface area contributed by atoms with Crippen molar-refractivity contribution < 1.29 is 4.74 Å². The van der Waals surface area contributed by atoms with Gasteiger partial charge in [0, 0.05) is 24.7 Å². The van der Waals surface area contributed by atoms with Crippen LogP contribution in [-0.2, 0) is 13.0 Å². The smallest absolute Gasteiger partial charge is 0.127 e. The minimum Gasteiger partial charge on any atom is -0.457 e. The molecule has 0 amide bonds. The Morgan fingerprint density at radius 2 is 1.71 bits per heavy atom. The molecular formula is C21H22N2O. The normalized spacial score (nSPS) is 13.6. The van der Waals surface area contributed by atoms with E-state index in [1.807, 2.05) is 18.2 Å². The van der Waals surface area contributed by atoms with E-state index in [-0.39, 0.29) is 0 Å². The monoisotopic (exact) mass is 318 g/mol. The summed E-state index contributed by atoms with van der Waals surface area (Å²) in [5, 5.41) is 0. The number of ether oxygens (including phenoxy) is 1. The van der Waals surface area contributed by atoms with Crippen molar-refractivity contribution in [1.82, 2.24) is 9.55 Å². The van der Waals surface area contributed by atoms with Gasteiger partial charge in [0.05, 0.1) is 5.69 Å². The van der Waals surface area contributed by atoms with Gasteiger partial charge in [-0.1, -0.05) is 6.07 Å². The van der Waals surface area contributed by atoms with E-state index >= 15 is 0 Å². The fourth-order valence-electron chi connectivity index (χ4n) is 3.16. The van der Waals surface area contributed by atoms with Crippen LogP contribution in [0.25, 0.3) is 11.3 Å². The first kappa shape index (κ1) is 15.0.